The third-order valence-electron chi connectivity index (χ3n) is 2.98. The van der Waals surface area contributed by atoms with Crippen LogP contribution < -0.4 is 5.32 Å². The van der Waals surface area contributed by atoms with Crippen LogP contribution in [0.2, 0.25) is 10.0 Å². The van der Waals surface area contributed by atoms with Gasteiger partial charge in [0.25, 0.3) is 0 Å². The van der Waals surface area contributed by atoms with Crippen molar-refractivity contribution in [2.45, 2.75) is 12.5 Å². The number of likely N-dealkylation sites (N-methyl/N-ethyl adjacent to an activating group) is 1. The van der Waals surface area contributed by atoms with Gasteiger partial charge in [-0.05, 0) is 31.2 Å². The topological polar surface area (TPSA) is 12.0 Å². The zero-order valence-corrected chi connectivity index (χ0v) is 11.7. The molecule has 0 aliphatic carbocycles. The fourth-order valence-corrected chi connectivity index (χ4v) is 2.70. The minimum atomic E-state index is 0.119. The molecule has 0 saturated carbocycles. The lowest BCUT2D eigenvalue weighted by Crippen LogP contribution is -2.19. The van der Waals surface area contributed by atoms with Crippen molar-refractivity contribution in [3.63, 3.8) is 0 Å². The lowest BCUT2D eigenvalue weighted by Gasteiger charge is -2.19. The van der Waals surface area contributed by atoms with E-state index in [1.54, 1.807) is 0 Å². The Labute approximate surface area is 118 Å². The molecule has 0 radical (unpaired) electrons. The summed E-state index contributed by atoms with van der Waals surface area (Å²) in [7, 11) is 1.92. The minimum Gasteiger partial charge on any atom is -0.313 e. The Bertz CT molecular complexity index is 491. The molecule has 1 atom stereocenters. The molecule has 2 aromatic rings. The lowest BCUT2D eigenvalue weighted by atomic mass is 9.99. The molecule has 0 heterocycles. The molecule has 2 rings (SSSR count). The van der Waals surface area contributed by atoms with Crippen LogP contribution in [0.3, 0.4) is 0 Å². The van der Waals surface area contributed by atoms with Crippen LogP contribution in [-0.4, -0.2) is 7.05 Å². The molecule has 1 nitrogen and oxygen atoms in total. The van der Waals surface area contributed by atoms with Gasteiger partial charge in [-0.25, -0.2) is 0 Å². The number of hydrogen-bond donors (Lipinski definition) is 1. The maximum Gasteiger partial charge on any atom is 0.0468 e. The fraction of sp³-hybridized carbons (Fsp3) is 0.200. The molecule has 0 amide bonds. The van der Waals surface area contributed by atoms with Crippen molar-refractivity contribution >= 4 is 23.2 Å². The van der Waals surface area contributed by atoms with E-state index in [-0.39, 0.29) is 6.04 Å². The molecule has 3 heteroatoms. The highest BCUT2D eigenvalue weighted by Gasteiger charge is 2.16. The fourth-order valence-electron chi connectivity index (χ4n) is 2.04. The van der Waals surface area contributed by atoms with Crippen LogP contribution in [0.5, 0.6) is 0 Å². The molecule has 94 valence electrons. The van der Waals surface area contributed by atoms with Gasteiger partial charge in [0.1, 0.15) is 0 Å². The zero-order valence-electron chi connectivity index (χ0n) is 10.2. The van der Waals surface area contributed by atoms with Gasteiger partial charge in [0, 0.05) is 21.7 Å². The van der Waals surface area contributed by atoms with E-state index in [0.717, 1.165) is 12.0 Å². The molecule has 18 heavy (non-hydrogen) atoms. The molecule has 0 bridgehead atoms. The summed E-state index contributed by atoms with van der Waals surface area (Å²) in [5, 5.41) is 4.69. The standard InChI is InChI=1S/C15H15Cl2N/c1-18-14(10-11-6-3-2-4-7-11)15-12(16)8-5-9-13(15)17/h2-9,14,18H,10H2,1H3. The Morgan fingerprint density at radius 1 is 0.944 bits per heavy atom. The summed E-state index contributed by atoms with van der Waals surface area (Å²) in [5.74, 6) is 0. The van der Waals surface area contributed by atoms with Gasteiger partial charge < -0.3 is 5.32 Å². The number of nitrogens with one attached hydrogen (secondary N) is 1. The van der Waals surface area contributed by atoms with Gasteiger partial charge in [-0.3, -0.25) is 0 Å². The second kappa shape index (κ2) is 6.24. The van der Waals surface area contributed by atoms with Crippen molar-refractivity contribution in [2.75, 3.05) is 7.05 Å². The van der Waals surface area contributed by atoms with E-state index in [9.17, 15) is 0 Å². The molecule has 1 unspecified atom stereocenters. The van der Waals surface area contributed by atoms with Crippen LogP contribution in [-0.2, 0) is 6.42 Å². The molecule has 0 saturated heterocycles. The van der Waals surface area contributed by atoms with Gasteiger partial charge in [-0.15, -0.1) is 0 Å². The normalized spacial score (nSPS) is 12.4. The first kappa shape index (κ1) is 13.4. The largest absolute Gasteiger partial charge is 0.313 e. The molecular weight excluding hydrogens is 265 g/mol. The molecule has 1 N–H and O–H groups in total. The molecule has 0 spiro atoms. The molecular formula is C15H15Cl2N. The average Bonchev–Trinajstić information content (AvgIpc) is 2.38. The van der Waals surface area contributed by atoms with Crippen molar-refractivity contribution in [1.29, 1.82) is 0 Å². The van der Waals surface area contributed by atoms with Crippen LogP contribution in [0.1, 0.15) is 17.2 Å². The number of hydrogen-bond acceptors (Lipinski definition) is 1. The SMILES string of the molecule is CNC(Cc1ccccc1)c1c(Cl)cccc1Cl. The third-order valence-corrected chi connectivity index (χ3v) is 3.64. The van der Waals surface area contributed by atoms with Crippen molar-refractivity contribution in [2.24, 2.45) is 0 Å². The molecule has 0 fully saturated rings. The second-order valence-electron chi connectivity index (χ2n) is 4.17. The Balaban J connectivity index is 2.29. The highest BCUT2D eigenvalue weighted by atomic mass is 35.5. The Morgan fingerprint density at radius 2 is 1.56 bits per heavy atom. The molecule has 0 aromatic heterocycles. The van der Waals surface area contributed by atoms with Gasteiger partial charge in [-0.2, -0.15) is 0 Å². The highest BCUT2D eigenvalue weighted by molar-refractivity contribution is 6.36. The summed E-state index contributed by atoms with van der Waals surface area (Å²) in [4.78, 5) is 0. The summed E-state index contributed by atoms with van der Waals surface area (Å²) in [6.07, 6.45) is 0.862. The number of benzene rings is 2. The summed E-state index contributed by atoms with van der Waals surface area (Å²) in [5.41, 5.74) is 2.22. The lowest BCUT2D eigenvalue weighted by molar-refractivity contribution is 0.592. The van der Waals surface area contributed by atoms with Crippen LogP contribution in [0, 0.1) is 0 Å². The first-order valence-electron chi connectivity index (χ1n) is 5.87. The molecule has 0 aliphatic heterocycles. The zero-order chi connectivity index (χ0) is 13.0. The van der Waals surface area contributed by atoms with Crippen LogP contribution >= 0.6 is 23.2 Å². The summed E-state index contributed by atoms with van der Waals surface area (Å²) in [6, 6.07) is 16.0. The summed E-state index contributed by atoms with van der Waals surface area (Å²) in [6.45, 7) is 0. The quantitative estimate of drug-likeness (QED) is 0.869. The monoisotopic (exact) mass is 279 g/mol. The predicted molar refractivity (Wildman–Crippen MR) is 78.4 cm³/mol. The van der Waals surface area contributed by atoms with E-state index in [2.05, 4.69) is 17.4 Å². The maximum atomic E-state index is 6.24. The van der Waals surface area contributed by atoms with E-state index in [1.165, 1.54) is 5.56 Å². The first-order chi connectivity index (χ1) is 8.72. The Kier molecular flexibility index (Phi) is 4.65. The van der Waals surface area contributed by atoms with Crippen LogP contribution in [0.15, 0.2) is 48.5 Å². The van der Waals surface area contributed by atoms with Gasteiger partial charge in [0.2, 0.25) is 0 Å². The maximum absolute atomic E-state index is 6.24. The van der Waals surface area contributed by atoms with Crippen LogP contribution in [0.25, 0.3) is 0 Å². The summed E-state index contributed by atoms with van der Waals surface area (Å²) >= 11 is 12.5. The van der Waals surface area contributed by atoms with Gasteiger partial charge >= 0.3 is 0 Å². The van der Waals surface area contributed by atoms with Crippen molar-refractivity contribution in [1.82, 2.24) is 5.32 Å². The number of halogens is 2. The van der Waals surface area contributed by atoms with E-state index in [0.29, 0.717) is 10.0 Å². The van der Waals surface area contributed by atoms with Gasteiger partial charge in [-0.1, -0.05) is 59.6 Å². The second-order valence-corrected chi connectivity index (χ2v) is 4.98. The van der Waals surface area contributed by atoms with E-state index >= 15 is 0 Å². The van der Waals surface area contributed by atoms with Crippen molar-refractivity contribution in [3.8, 4) is 0 Å². The van der Waals surface area contributed by atoms with Crippen molar-refractivity contribution in [3.05, 3.63) is 69.7 Å². The van der Waals surface area contributed by atoms with Crippen LogP contribution in [0.4, 0.5) is 0 Å². The average molecular weight is 280 g/mol. The smallest absolute Gasteiger partial charge is 0.0468 e. The molecule has 2 aromatic carbocycles. The van der Waals surface area contributed by atoms with Gasteiger partial charge in [0.15, 0.2) is 0 Å². The Hall–Kier alpha value is -1.02. The Morgan fingerprint density at radius 3 is 2.11 bits per heavy atom. The minimum absolute atomic E-state index is 0.119. The number of rotatable bonds is 4. The first-order valence-corrected chi connectivity index (χ1v) is 6.63. The van der Waals surface area contributed by atoms with Gasteiger partial charge in [0.05, 0.1) is 0 Å². The van der Waals surface area contributed by atoms with E-state index in [4.69, 9.17) is 23.2 Å². The van der Waals surface area contributed by atoms with Crippen molar-refractivity contribution < 1.29 is 0 Å². The van der Waals surface area contributed by atoms with E-state index in [1.807, 2.05) is 43.4 Å². The molecule has 0 aliphatic rings. The predicted octanol–water partition coefficient (Wildman–Crippen LogP) is 4.50. The third kappa shape index (κ3) is 3.05. The summed E-state index contributed by atoms with van der Waals surface area (Å²) < 4.78 is 0. The van der Waals surface area contributed by atoms with E-state index < -0.39 is 0 Å². The highest BCUT2D eigenvalue weighted by Crippen LogP contribution is 2.31.